The zero-order valence-electron chi connectivity index (χ0n) is 9.50. The van der Waals surface area contributed by atoms with Crippen molar-refractivity contribution < 1.29 is 9.53 Å². The van der Waals surface area contributed by atoms with Crippen molar-refractivity contribution in [3.05, 3.63) is 0 Å². The smallest absolute Gasteiger partial charge is 0.313 e. The molecule has 15 heavy (non-hydrogen) atoms. The highest BCUT2D eigenvalue weighted by Gasteiger charge is 2.52. The molecule has 2 fully saturated rings. The summed E-state index contributed by atoms with van der Waals surface area (Å²) in [5.74, 6) is 1.49. The summed E-state index contributed by atoms with van der Waals surface area (Å²) < 4.78 is 4.84. The van der Waals surface area contributed by atoms with Crippen molar-refractivity contribution in [3.63, 3.8) is 0 Å². The highest BCUT2D eigenvalue weighted by atomic mass is 16.5. The molecule has 0 atom stereocenters. The molecule has 3 nitrogen and oxygen atoms in total. The number of nitrogens with two attached hydrogens (primary N) is 1. The van der Waals surface area contributed by atoms with Gasteiger partial charge in [0, 0.05) is 6.54 Å². The predicted octanol–water partition coefficient (Wildman–Crippen LogP) is 1.70. The standard InChI is InChI=1S/C12H21NO2/c1-15-11(14)12(8-13)6-10(7-12)9-4-2-3-5-9/h9-10H,2-8,13H2,1H3. The third kappa shape index (κ3) is 1.78. The topological polar surface area (TPSA) is 52.3 Å². The summed E-state index contributed by atoms with van der Waals surface area (Å²) in [6.07, 6.45) is 7.37. The lowest BCUT2D eigenvalue weighted by atomic mass is 9.58. The Bertz CT molecular complexity index is 240. The van der Waals surface area contributed by atoms with Crippen LogP contribution in [-0.2, 0) is 9.53 Å². The molecule has 0 saturated heterocycles. The molecule has 2 aliphatic carbocycles. The number of carbonyl (C=O) groups is 1. The Labute approximate surface area is 91.4 Å². The minimum absolute atomic E-state index is 0.0979. The van der Waals surface area contributed by atoms with E-state index in [1.807, 2.05) is 0 Å². The fraction of sp³-hybridized carbons (Fsp3) is 0.917. The van der Waals surface area contributed by atoms with E-state index in [2.05, 4.69) is 0 Å². The normalized spacial score (nSPS) is 36.3. The highest BCUT2D eigenvalue weighted by molar-refractivity contribution is 5.78. The molecule has 0 spiro atoms. The molecular formula is C12H21NO2. The fourth-order valence-corrected chi connectivity index (χ4v) is 3.34. The predicted molar refractivity (Wildman–Crippen MR) is 58.2 cm³/mol. The van der Waals surface area contributed by atoms with Gasteiger partial charge in [-0.15, -0.1) is 0 Å². The molecule has 0 aromatic heterocycles. The van der Waals surface area contributed by atoms with E-state index >= 15 is 0 Å². The van der Waals surface area contributed by atoms with Gasteiger partial charge in [0.2, 0.25) is 0 Å². The molecule has 0 aromatic rings. The average Bonchev–Trinajstić information content (AvgIpc) is 2.70. The van der Waals surface area contributed by atoms with Gasteiger partial charge in [-0.25, -0.2) is 0 Å². The van der Waals surface area contributed by atoms with Crippen LogP contribution in [0.25, 0.3) is 0 Å². The quantitative estimate of drug-likeness (QED) is 0.723. The number of esters is 1. The van der Waals surface area contributed by atoms with Crippen molar-refractivity contribution in [2.24, 2.45) is 23.0 Å². The number of hydrogen-bond donors (Lipinski definition) is 1. The Morgan fingerprint density at radius 1 is 1.33 bits per heavy atom. The van der Waals surface area contributed by atoms with E-state index in [-0.39, 0.29) is 11.4 Å². The van der Waals surface area contributed by atoms with Crippen molar-refractivity contribution in [1.82, 2.24) is 0 Å². The van der Waals surface area contributed by atoms with Gasteiger partial charge in [-0.3, -0.25) is 4.79 Å². The first kappa shape index (κ1) is 10.9. The summed E-state index contributed by atoms with van der Waals surface area (Å²) >= 11 is 0. The van der Waals surface area contributed by atoms with Gasteiger partial charge in [-0.05, 0) is 24.7 Å². The van der Waals surface area contributed by atoms with Gasteiger partial charge in [-0.1, -0.05) is 25.7 Å². The fourth-order valence-electron chi connectivity index (χ4n) is 3.34. The van der Waals surface area contributed by atoms with Crippen LogP contribution >= 0.6 is 0 Å². The van der Waals surface area contributed by atoms with Gasteiger partial charge in [-0.2, -0.15) is 0 Å². The molecule has 86 valence electrons. The Morgan fingerprint density at radius 3 is 2.40 bits per heavy atom. The molecule has 0 bridgehead atoms. The summed E-state index contributed by atoms with van der Waals surface area (Å²) in [5.41, 5.74) is 5.37. The molecule has 0 aliphatic heterocycles. The van der Waals surface area contributed by atoms with Gasteiger partial charge in [0.15, 0.2) is 0 Å². The van der Waals surface area contributed by atoms with E-state index in [0.717, 1.165) is 24.7 Å². The third-order valence-electron chi connectivity index (χ3n) is 4.38. The number of hydrogen-bond acceptors (Lipinski definition) is 3. The Morgan fingerprint density at radius 2 is 1.93 bits per heavy atom. The first-order chi connectivity index (χ1) is 7.22. The van der Waals surface area contributed by atoms with Gasteiger partial charge in [0.1, 0.15) is 0 Å². The van der Waals surface area contributed by atoms with Gasteiger partial charge in [0.05, 0.1) is 12.5 Å². The summed E-state index contributed by atoms with van der Waals surface area (Å²) in [5, 5.41) is 0. The summed E-state index contributed by atoms with van der Waals surface area (Å²) in [4.78, 5) is 11.6. The third-order valence-corrected chi connectivity index (χ3v) is 4.38. The van der Waals surface area contributed by atoms with Crippen LogP contribution in [-0.4, -0.2) is 19.6 Å². The lowest BCUT2D eigenvalue weighted by Crippen LogP contribution is -2.51. The molecule has 2 aliphatic rings. The minimum Gasteiger partial charge on any atom is -0.469 e. The van der Waals surface area contributed by atoms with Crippen LogP contribution < -0.4 is 5.73 Å². The van der Waals surface area contributed by atoms with Gasteiger partial charge >= 0.3 is 5.97 Å². The van der Waals surface area contributed by atoms with Crippen LogP contribution in [0.2, 0.25) is 0 Å². The van der Waals surface area contributed by atoms with E-state index in [4.69, 9.17) is 10.5 Å². The SMILES string of the molecule is COC(=O)C1(CN)CC(C2CCCC2)C1. The second-order valence-electron chi connectivity index (χ2n) is 5.19. The Hall–Kier alpha value is -0.570. The van der Waals surface area contributed by atoms with Crippen molar-refractivity contribution in [2.45, 2.75) is 38.5 Å². The molecule has 2 N–H and O–H groups in total. The Kier molecular flexibility index (Phi) is 3.01. The van der Waals surface area contributed by atoms with Crippen LogP contribution in [0.15, 0.2) is 0 Å². The van der Waals surface area contributed by atoms with Crippen LogP contribution in [0.3, 0.4) is 0 Å². The molecule has 2 rings (SSSR count). The van der Waals surface area contributed by atoms with Gasteiger partial charge in [0.25, 0.3) is 0 Å². The van der Waals surface area contributed by atoms with Crippen LogP contribution in [0.1, 0.15) is 38.5 Å². The number of methoxy groups -OCH3 is 1. The molecule has 0 unspecified atom stereocenters. The second kappa shape index (κ2) is 4.12. The summed E-state index contributed by atoms with van der Waals surface area (Å²) in [6.45, 7) is 0.447. The highest BCUT2D eigenvalue weighted by Crippen LogP contribution is 2.52. The summed E-state index contributed by atoms with van der Waals surface area (Å²) in [7, 11) is 1.46. The van der Waals surface area contributed by atoms with Crippen LogP contribution in [0.4, 0.5) is 0 Å². The van der Waals surface area contributed by atoms with E-state index in [1.54, 1.807) is 0 Å². The Balaban J connectivity index is 1.90. The molecule has 0 radical (unpaired) electrons. The maximum Gasteiger partial charge on any atom is 0.313 e. The number of carbonyl (C=O) groups excluding carboxylic acids is 1. The average molecular weight is 211 g/mol. The largest absolute Gasteiger partial charge is 0.469 e. The van der Waals surface area contributed by atoms with Gasteiger partial charge < -0.3 is 10.5 Å². The van der Waals surface area contributed by atoms with Crippen LogP contribution in [0, 0.1) is 17.3 Å². The van der Waals surface area contributed by atoms with Crippen LogP contribution in [0.5, 0.6) is 0 Å². The second-order valence-corrected chi connectivity index (χ2v) is 5.19. The maximum atomic E-state index is 11.6. The van der Waals surface area contributed by atoms with Crippen molar-refractivity contribution >= 4 is 5.97 Å². The lowest BCUT2D eigenvalue weighted by Gasteiger charge is -2.47. The molecule has 0 heterocycles. The first-order valence-electron chi connectivity index (χ1n) is 6.00. The zero-order valence-corrected chi connectivity index (χ0v) is 9.50. The van der Waals surface area contributed by atoms with E-state index in [9.17, 15) is 4.79 Å². The minimum atomic E-state index is -0.331. The number of rotatable bonds is 3. The number of ether oxygens (including phenoxy) is 1. The molecule has 2 saturated carbocycles. The van der Waals surface area contributed by atoms with E-state index in [0.29, 0.717) is 6.54 Å². The zero-order chi connectivity index (χ0) is 10.9. The van der Waals surface area contributed by atoms with Crippen molar-refractivity contribution in [2.75, 3.05) is 13.7 Å². The first-order valence-corrected chi connectivity index (χ1v) is 6.00. The lowest BCUT2D eigenvalue weighted by molar-refractivity contribution is -0.162. The van der Waals surface area contributed by atoms with E-state index < -0.39 is 0 Å². The van der Waals surface area contributed by atoms with Crippen molar-refractivity contribution in [3.8, 4) is 0 Å². The molecule has 3 heteroatoms. The molecule has 0 amide bonds. The molecule has 0 aromatic carbocycles. The summed E-state index contributed by atoms with van der Waals surface area (Å²) in [6, 6.07) is 0. The maximum absolute atomic E-state index is 11.6. The van der Waals surface area contributed by atoms with E-state index in [1.165, 1.54) is 32.8 Å². The monoisotopic (exact) mass is 211 g/mol. The van der Waals surface area contributed by atoms with Crippen molar-refractivity contribution in [1.29, 1.82) is 0 Å². The molecular weight excluding hydrogens is 190 g/mol.